The van der Waals surface area contributed by atoms with E-state index in [2.05, 4.69) is 30.2 Å². The lowest BCUT2D eigenvalue weighted by atomic mass is 10.1. The van der Waals surface area contributed by atoms with Crippen molar-refractivity contribution in [1.29, 1.82) is 5.26 Å². The Kier molecular flexibility index (Phi) is 4.92. The number of aromatic nitrogens is 1. The predicted molar refractivity (Wildman–Crippen MR) is 67.6 cm³/mol. The van der Waals surface area contributed by atoms with Crippen LogP contribution in [0.5, 0.6) is 0 Å². The van der Waals surface area contributed by atoms with Gasteiger partial charge in [0.1, 0.15) is 11.9 Å². The quantitative estimate of drug-likeness (QED) is 0.817. The van der Waals surface area contributed by atoms with E-state index in [4.69, 9.17) is 5.26 Å². The number of aliphatic hydroxyl groups is 1. The number of hydrogen-bond donors (Lipinski definition) is 2. The number of anilines is 1. The van der Waals surface area contributed by atoms with Crippen molar-refractivity contribution in [2.24, 2.45) is 5.92 Å². The van der Waals surface area contributed by atoms with Gasteiger partial charge in [-0.2, -0.15) is 5.26 Å². The molecule has 0 bridgehead atoms. The van der Waals surface area contributed by atoms with Crippen molar-refractivity contribution in [3.63, 3.8) is 0 Å². The molecule has 1 rings (SSSR count). The van der Waals surface area contributed by atoms with E-state index in [0.29, 0.717) is 23.8 Å². The van der Waals surface area contributed by atoms with Crippen molar-refractivity contribution >= 4 is 5.82 Å². The zero-order valence-electron chi connectivity index (χ0n) is 10.6. The van der Waals surface area contributed by atoms with Crippen molar-refractivity contribution in [3.8, 4) is 6.07 Å². The van der Waals surface area contributed by atoms with Crippen molar-refractivity contribution in [1.82, 2.24) is 4.98 Å². The second kappa shape index (κ2) is 6.21. The molecule has 1 atom stereocenters. The minimum atomic E-state index is -0.413. The lowest BCUT2D eigenvalue weighted by molar-refractivity contribution is 0.161. The Morgan fingerprint density at radius 2 is 2.18 bits per heavy atom. The van der Waals surface area contributed by atoms with Gasteiger partial charge in [0.15, 0.2) is 0 Å². The molecule has 0 fully saturated rings. The average Bonchev–Trinajstić information content (AvgIpc) is 2.25. The Labute approximate surface area is 102 Å². The second-order valence-electron chi connectivity index (χ2n) is 4.62. The molecule has 0 aliphatic carbocycles. The summed E-state index contributed by atoms with van der Waals surface area (Å²) in [6.07, 6.45) is 0.324. The van der Waals surface area contributed by atoms with Crippen LogP contribution in [0, 0.1) is 24.2 Å². The second-order valence-corrected chi connectivity index (χ2v) is 4.62. The molecule has 0 spiro atoms. The molecule has 4 heteroatoms. The van der Waals surface area contributed by atoms with Crippen molar-refractivity contribution in [2.45, 2.75) is 33.3 Å². The summed E-state index contributed by atoms with van der Waals surface area (Å²) in [5.41, 5.74) is 1.36. The molecule has 0 radical (unpaired) electrons. The van der Waals surface area contributed by atoms with E-state index < -0.39 is 6.10 Å². The van der Waals surface area contributed by atoms with Gasteiger partial charge in [-0.3, -0.25) is 0 Å². The molecule has 0 aromatic carbocycles. The summed E-state index contributed by atoms with van der Waals surface area (Å²) in [6.45, 7) is 6.42. The maximum atomic E-state index is 9.74. The van der Waals surface area contributed by atoms with E-state index in [1.165, 1.54) is 0 Å². The number of pyridine rings is 1. The largest absolute Gasteiger partial charge is 0.391 e. The number of nitrogens with zero attached hydrogens (tertiary/aromatic N) is 2. The Morgan fingerprint density at radius 1 is 1.47 bits per heavy atom. The smallest absolute Gasteiger partial charge is 0.144 e. The first-order valence-electron chi connectivity index (χ1n) is 5.82. The summed E-state index contributed by atoms with van der Waals surface area (Å²) in [5, 5.41) is 21.7. The molecule has 4 nitrogen and oxygen atoms in total. The highest BCUT2D eigenvalue weighted by atomic mass is 16.3. The van der Waals surface area contributed by atoms with Crippen LogP contribution in [0.2, 0.25) is 0 Å². The zero-order chi connectivity index (χ0) is 12.8. The van der Waals surface area contributed by atoms with Crippen LogP contribution in [-0.4, -0.2) is 22.7 Å². The van der Waals surface area contributed by atoms with Crippen molar-refractivity contribution < 1.29 is 5.11 Å². The first-order chi connectivity index (χ1) is 8.02. The van der Waals surface area contributed by atoms with Crippen molar-refractivity contribution in [2.75, 3.05) is 11.9 Å². The third-order valence-electron chi connectivity index (χ3n) is 2.40. The molecule has 1 heterocycles. The highest BCUT2D eigenvalue weighted by Gasteiger charge is 2.09. The summed E-state index contributed by atoms with van der Waals surface area (Å²) in [7, 11) is 0. The van der Waals surface area contributed by atoms with Crippen LogP contribution in [-0.2, 0) is 0 Å². The molecule has 17 heavy (non-hydrogen) atoms. The molecule has 1 aromatic heterocycles. The van der Waals surface area contributed by atoms with Gasteiger partial charge in [-0.05, 0) is 31.4 Å². The van der Waals surface area contributed by atoms with E-state index in [-0.39, 0.29) is 0 Å². The molecule has 1 unspecified atom stereocenters. The average molecular weight is 233 g/mol. The number of hydrogen-bond acceptors (Lipinski definition) is 4. The fraction of sp³-hybridized carbons (Fsp3) is 0.538. The van der Waals surface area contributed by atoms with Gasteiger partial charge in [0.05, 0.1) is 11.7 Å². The molecule has 0 saturated carbocycles. The maximum Gasteiger partial charge on any atom is 0.144 e. The van der Waals surface area contributed by atoms with E-state index in [1.54, 1.807) is 12.1 Å². The van der Waals surface area contributed by atoms with Gasteiger partial charge in [-0.1, -0.05) is 13.8 Å². The van der Waals surface area contributed by atoms with Crippen LogP contribution in [0.25, 0.3) is 0 Å². The third-order valence-corrected chi connectivity index (χ3v) is 2.40. The number of aryl methyl sites for hydroxylation is 1. The highest BCUT2D eigenvalue weighted by Crippen LogP contribution is 2.13. The molecular weight excluding hydrogens is 214 g/mol. The third kappa shape index (κ3) is 4.41. The van der Waals surface area contributed by atoms with Crippen LogP contribution in [0.15, 0.2) is 12.1 Å². The maximum absolute atomic E-state index is 9.74. The van der Waals surface area contributed by atoms with Gasteiger partial charge < -0.3 is 10.4 Å². The highest BCUT2D eigenvalue weighted by molar-refractivity contribution is 5.52. The van der Waals surface area contributed by atoms with Crippen LogP contribution >= 0.6 is 0 Å². The van der Waals surface area contributed by atoms with Crippen LogP contribution in [0.1, 0.15) is 31.5 Å². The Bertz CT molecular complexity index is 410. The standard InChI is InChI=1S/C13H19N3O/c1-9(2)6-12(17)8-15-13-11(7-14)5-4-10(3)16-13/h4-5,9,12,17H,6,8H2,1-3H3,(H,15,16). The summed E-state index contributed by atoms with van der Waals surface area (Å²) in [6, 6.07) is 5.62. The molecule has 1 aromatic rings. The zero-order valence-corrected chi connectivity index (χ0v) is 10.6. The van der Waals surface area contributed by atoms with Gasteiger partial charge in [-0.15, -0.1) is 0 Å². The van der Waals surface area contributed by atoms with Crippen LogP contribution in [0.3, 0.4) is 0 Å². The van der Waals surface area contributed by atoms with Gasteiger partial charge in [-0.25, -0.2) is 4.98 Å². The molecule has 92 valence electrons. The van der Waals surface area contributed by atoms with E-state index in [1.807, 2.05) is 6.92 Å². The monoisotopic (exact) mass is 233 g/mol. The Hall–Kier alpha value is -1.60. The Morgan fingerprint density at radius 3 is 2.76 bits per heavy atom. The molecule has 0 saturated heterocycles. The number of aliphatic hydroxyl groups excluding tert-OH is 1. The fourth-order valence-electron chi connectivity index (χ4n) is 1.62. The molecule has 0 aliphatic heterocycles. The van der Waals surface area contributed by atoms with Gasteiger partial charge in [0, 0.05) is 12.2 Å². The minimum Gasteiger partial charge on any atom is -0.391 e. The molecular formula is C13H19N3O. The fourth-order valence-corrected chi connectivity index (χ4v) is 1.62. The SMILES string of the molecule is Cc1ccc(C#N)c(NCC(O)CC(C)C)n1. The number of nitriles is 1. The number of rotatable bonds is 5. The van der Waals surface area contributed by atoms with E-state index in [0.717, 1.165) is 12.1 Å². The lowest BCUT2D eigenvalue weighted by Gasteiger charge is -2.15. The molecule has 0 aliphatic rings. The number of nitrogens with one attached hydrogen (secondary N) is 1. The minimum absolute atomic E-state index is 0.413. The van der Waals surface area contributed by atoms with E-state index >= 15 is 0 Å². The summed E-state index contributed by atoms with van der Waals surface area (Å²) in [4.78, 5) is 4.25. The first-order valence-corrected chi connectivity index (χ1v) is 5.82. The lowest BCUT2D eigenvalue weighted by Crippen LogP contribution is -2.22. The van der Waals surface area contributed by atoms with E-state index in [9.17, 15) is 5.11 Å². The molecule has 0 amide bonds. The first kappa shape index (κ1) is 13.5. The molecule has 2 N–H and O–H groups in total. The normalized spacial score (nSPS) is 12.2. The van der Waals surface area contributed by atoms with Gasteiger partial charge >= 0.3 is 0 Å². The topological polar surface area (TPSA) is 68.9 Å². The van der Waals surface area contributed by atoms with Gasteiger partial charge in [0.25, 0.3) is 0 Å². The van der Waals surface area contributed by atoms with Crippen LogP contribution in [0.4, 0.5) is 5.82 Å². The summed E-state index contributed by atoms with van der Waals surface area (Å²) < 4.78 is 0. The van der Waals surface area contributed by atoms with Gasteiger partial charge in [0.2, 0.25) is 0 Å². The summed E-state index contributed by atoms with van der Waals surface area (Å²) >= 11 is 0. The Balaban J connectivity index is 2.63. The predicted octanol–water partition coefficient (Wildman–Crippen LogP) is 2.08. The van der Waals surface area contributed by atoms with Crippen LogP contribution < -0.4 is 5.32 Å². The van der Waals surface area contributed by atoms with Crippen molar-refractivity contribution in [3.05, 3.63) is 23.4 Å². The summed E-state index contributed by atoms with van der Waals surface area (Å²) in [5.74, 6) is 1.00.